The van der Waals surface area contributed by atoms with Gasteiger partial charge in [-0.05, 0) is 24.6 Å². The Balaban J connectivity index is 2.43. The van der Waals surface area contributed by atoms with Crippen molar-refractivity contribution >= 4 is 35.1 Å². The molecular weight excluding hydrogens is 302 g/mol. The Kier molecular flexibility index (Phi) is 3.94. The van der Waals surface area contributed by atoms with Gasteiger partial charge in [-0.25, -0.2) is 5.84 Å². The fourth-order valence-electron chi connectivity index (χ4n) is 1.85. The molecule has 0 saturated heterocycles. The number of thioether (sulfide) groups is 1. The number of carbonyl (C=O) groups is 2. The average molecular weight is 314 g/mol. The summed E-state index contributed by atoms with van der Waals surface area (Å²) in [6.45, 7) is 1.37. The van der Waals surface area contributed by atoms with Crippen molar-refractivity contribution in [1.29, 1.82) is 0 Å². The lowest BCUT2D eigenvalue weighted by atomic mass is 10.0. The molecule has 0 radical (unpaired) electrons. The van der Waals surface area contributed by atoms with E-state index in [2.05, 4.69) is 5.32 Å². The first-order chi connectivity index (χ1) is 9.40. The molecule has 20 heavy (non-hydrogen) atoms. The van der Waals surface area contributed by atoms with E-state index in [1.807, 2.05) is 5.43 Å². The zero-order valence-corrected chi connectivity index (χ0v) is 12.0. The second kappa shape index (κ2) is 5.35. The van der Waals surface area contributed by atoms with Crippen molar-refractivity contribution in [2.45, 2.75) is 11.8 Å². The maximum Gasteiger partial charge on any atom is 0.277 e. The molecule has 0 saturated carbocycles. The van der Waals surface area contributed by atoms with Gasteiger partial charge in [0, 0.05) is 5.02 Å². The van der Waals surface area contributed by atoms with Crippen LogP contribution in [-0.4, -0.2) is 16.8 Å². The first-order valence-corrected chi connectivity index (χ1v) is 6.78. The van der Waals surface area contributed by atoms with Crippen molar-refractivity contribution in [3.63, 3.8) is 0 Å². The van der Waals surface area contributed by atoms with Crippen LogP contribution >= 0.6 is 23.4 Å². The normalized spacial score (nSPS) is 21.6. The third kappa shape index (κ3) is 2.35. The maximum absolute atomic E-state index is 12.0. The van der Waals surface area contributed by atoms with Crippen molar-refractivity contribution in [1.82, 2.24) is 10.7 Å². The van der Waals surface area contributed by atoms with Gasteiger partial charge in [-0.3, -0.25) is 15.0 Å². The Labute approximate surface area is 124 Å². The van der Waals surface area contributed by atoms with E-state index in [9.17, 15) is 14.7 Å². The fourth-order valence-corrected chi connectivity index (χ4v) is 3.13. The number of Topliss-reactive ketones (excluding diaryl/α,β-unsaturated/α-hetero) is 1. The van der Waals surface area contributed by atoms with Gasteiger partial charge in [0.15, 0.2) is 10.7 Å². The van der Waals surface area contributed by atoms with E-state index in [0.717, 1.165) is 11.8 Å². The summed E-state index contributed by atoms with van der Waals surface area (Å²) in [6, 6.07) is 6.56. The highest BCUT2D eigenvalue weighted by Crippen LogP contribution is 2.46. The lowest BCUT2D eigenvalue weighted by Gasteiger charge is -2.26. The third-order valence-electron chi connectivity index (χ3n) is 2.85. The number of rotatable bonds is 3. The SMILES string of the molecule is CC(=O)C1(c2ccc(Cl)cc2)NC(O)=C(C(=O)NN)S1. The highest BCUT2D eigenvalue weighted by atomic mass is 35.5. The summed E-state index contributed by atoms with van der Waals surface area (Å²) >= 11 is 6.72. The smallest absolute Gasteiger partial charge is 0.277 e. The Morgan fingerprint density at radius 2 is 2.00 bits per heavy atom. The molecule has 1 aliphatic rings. The summed E-state index contributed by atoms with van der Waals surface area (Å²) in [5, 5.41) is 13.0. The van der Waals surface area contributed by atoms with Crippen LogP contribution in [0.2, 0.25) is 5.02 Å². The lowest BCUT2D eigenvalue weighted by molar-refractivity contribution is -0.120. The number of hydrogen-bond acceptors (Lipinski definition) is 6. The van der Waals surface area contributed by atoms with Crippen molar-refractivity contribution in [3.8, 4) is 0 Å². The monoisotopic (exact) mass is 313 g/mol. The van der Waals surface area contributed by atoms with Crippen molar-refractivity contribution in [2.24, 2.45) is 5.84 Å². The molecule has 106 valence electrons. The molecule has 1 aromatic rings. The van der Waals surface area contributed by atoms with Crippen molar-refractivity contribution in [2.75, 3.05) is 0 Å². The van der Waals surface area contributed by atoms with E-state index in [4.69, 9.17) is 17.4 Å². The molecule has 0 bridgehead atoms. The summed E-state index contributed by atoms with van der Waals surface area (Å²) in [4.78, 5) is 22.3. The van der Waals surface area contributed by atoms with Gasteiger partial charge in [-0.15, -0.1) is 0 Å². The summed E-state index contributed by atoms with van der Waals surface area (Å²) < 4.78 is 0. The molecule has 8 heteroatoms. The maximum atomic E-state index is 12.0. The second-order valence-electron chi connectivity index (χ2n) is 4.12. The molecule has 6 nitrogen and oxygen atoms in total. The lowest BCUT2D eigenvalue weighted by Crippen LogP contribution is -2.41. The first kappa shape index (κ1) is 14.7. The van der Waals surface area contributed by atoms with Crippen molar-refractivity contribution in [3.05, 3.63) is 45.6 Å². The number of carbonyl (C=O) groups excluding carboxylic acids is 2. The van der Waals surface area contributed by atoms with E-state index >= 15 is 0 Å². The third-order valence-corrected chi connectivity index (χ3v) is 4.61. The van der Waals surface area contributed by atoms with Crippen LogP contribution in [0.5, 0.6) is 0 Å². The highest BCUT2D eigenvalue weighted by molar-refractivity contribution is 8.05. The summed E-state index contributed by atoms with van der Waals surface area (Å²) in [7, 11) is 0. The van der Waals surface area contributed by atoms with E-state index < -0.39 is 10.8 Å². The van der Waals surface area contributed by atoms with Crippen LogP contribution in [0, 0.1) is 0 Å². The summed E-state index contributed by atoms with van der Waals surface area (Å²) in [5.74, 6) is 3.73. The van der Waals surface area contributed by atoms with Crippen LogP contribution in [0.25, 0.3) is 0 Å². The molecule has 1 aliphatic heterocycles. The van der Waals surface area contributed by atoms with Gasteiger partial charge in [0.2, 0.25) is 5.88 Å². The van der Waals surface area contributed by atoms with Crippen LogP contribution in [0.15, 0.2) is 35.1 Å². The number of hydrogen-bond donors (Lipinski definition) is 4. The van der Waals surface area contributed by atoms with E-state index in [1.165, 1.54) is 6.92 Å². The van der Waals surface area contributed by atoms with Gasteiger partial charge in [-0.2, -0.15) is 0 Å². The molecule has 1 amide bonds. The minimum Gasteiger partial charge on any atom is -0.494 e. The van der Waals surface area contributed by atoms with Gasteiger partial charge >= 0.3 is 0 Å². The Hall–Kier alpha value is -1.70. The molecule has 1 heterocycles. The Morgan fingerprint density at radius 3 is 2.50 bits per heavy atom. The standard InChI is InChI=1S/C12H12ClN3O3S/c1-6(17)12(7-2-4-8(13)5-3-7)15-10(18)9(20-12)11(19)16-14/h2-5,15,18H,14H2,1H3,(H,16,19). The van der Waals surface area contributed by atoms with Crippen LogP contribution in [0.1, 0.15) is 12.5 Å². The zero-order chi connectivity index (χ0) is 14.9. The van der Waals surface area contributed by atoms with Crippen LogP contribution < -0.4 is 16.6 Å². The van der Waals surface area contributed by atoms with E-state index in [-0.39, 0.29) is 16.6 Å². The molecular formula is C12H12ClN3O3S. The minimum atomic E-state index is -1.27. The number of halogens is 1. The van der Waals surface area contributed by atoms with Gasteiger partial charge in [0.1, 0.15) is 4.91 Å². The highest BCUT2D eigenvalue weighted by Gasteiger charge is 2.47. The van der Waals surface area contributed by atoms with E-state index in [1.54, 1.807) is 24.3 Å². The van der Waals surface area contributed by atoms with Gasteiger partial charge < -0.3 is 10.4 Å². The van der Waals surface area contributed by atoms with Crippen LogP contribution in [0.4, 0.5) is 0 Å². The number of aliphatic hydroxyl groups is 1. The quantitative estimate of drug-likeness (QED) is 0.379. The second-order valence-corrected chi connectivity index (χ2v) is 5.78. The van der Waals surface area contributed by atoms with Gasteiger partial charge in [-0.1, -0.05) is 35.5 Å². The van der Waals surface area contributed by atoms with Crippen LogP contribution in [0.3, 0.4) is 0 Å². The molecule has 5 N–H and O–H groups in total. The van der Waals surface area contributed by atoms with Crippen molar-refractivity contribution < 1.29 is 14.7 Å². The molecule has 0 aromatic heterocycles. The zero-order valence-electron chi connectivity index (χ0n) is 10.4. The molecule has 0 aliphatic carbocycles. The molecule has 2 rings (SSSR count). The molecule has 1 atom stereocenters. The predicted molar refractivity (Wildman–Crippen MR) is 76.5 cm³/mol. The van der Waals surface area contributed by atoms with E-state index in [0.29, 0.717) is 10.6 Å². The minimum absolute atomic E-state index is 0.0438. The largest absolute Gasteiger partial charge is 0.494 e. The number of benzene rings is 1. The topological polar surface area (TPSA) is 104 Å². The molecule has 0 spiro atoms. The number of nitrogens with two attached hydrogens (primary N) is 1. The van der Waals surface area contributed by atoms with Crippen LogP contribution in [-0.2, 0) is 14.5 Å². The van der Waals surface area contributed by atoms with Gasteiger partial charge in [0.05, 0.1) is 0 Å². The number of hydrazine groups is 1. The number of aliphatic hydroxyl groups excluding tert-OH is 1. The number of nitrogens with one attached hydrogen (secondary N) is 2. The fraction of sp³-hybridized carbons (Fsp3) is 0.167. The van der Waals surface area contributed by atoms with Gasteiger partial charge in [0.25, 0.3) is 5.91 Å². The predicted octanol–water partition coefficient (Wildman–Crippen LogP) is 1.14. The molecule has 0 fully saturated rings. The Morgan fingerprint density at radius 1 is 1.40 bits per heavy atom. The number of ketones is 1. The molecule has 1 aromatic carbocycles. The Bertz CT molecular complexity index is 602. The summed E-state index contributed by atoms with van der Waals surface area (Å²) in [6.07, 6.45) is 0. The number of amides is 1. The first-order valence-electron chi connectivity index (χ1n) is 5.59. The average Bonchev–Trinajstić information content (AvgIpc) is 2.78. The molecule has 1 unspecified atom stereocenters. The summed E-state index contributed by atoms with van der Waals surface area (Å²) in [5.41, 5.74) is 2.50.